The van der Waals surface area contributed by atoms with E-state index in [0.29, 0.717) is 5.92 Å². The number of hydrogen-bond donors (Lipinski definition) is 1. The number of nitrogens with two attached hydrogens (primary N) is 1. The summed E-state index contributed by atoms with van der Waals surface area (Å²) in [5, 5.41) is 0. The molecule has 2 N–H and O–H groups in total. The van der Waals surface area contributed by atoms with Crippen LogP contribution < -0.4 is 5.73 Å². The summed E-state index contributed by atoms with van der Waals surface area (Å²) in [6.07, 6.45) is 4.51. The van der Waals surface area contributed by atoms with Crippen molar-refractivity contribution in [3.63, 3.8) is 0 Å². The minimum Gasteiger partial charge on any atom is -0.378 e. The van der Waals surface area contributed by atoms with Crippen LogP contribution in [0, 0.1) is 0 Å². The molecule has 0 radical (unpaired) electrons. The first-order chi connectivity index (χ1) is 8.56. The van der Waals surface area contributed by atoms with E-state index < -0.39 is 0 Å². The topological polar surface area (TPSA) is 35.2 Å². The summed E-state index contributed by atoms with van der Waals surface area (Å²) < 4.78 is 5.65. The van der Waals surface area contributed by atoms with Crippen LogP contribution in [0.4, 0.5) is 0 Å². The maximum absolute atomic E-state index is 6.31. The average Bonchev–Trinajstić information content (AvgIpc) is 2.33. The first-order valence-electron chi connectivity index (χ1n) is 6.97. The van der Waals surface area contributed by atoms with Gasteiger partial charge in [0, 0.05) is 13.2 Å². The standard InChI is InChI=1S/C16H25NO/c1-12(2)13-5-7-14(8-6-13)15(17)11-16(18-3)9-4-10-16/h5-8,12,15H,4,9-11,17H2,1-3H3. The largest absolute Gasteiger partial charge is 0.378 e. The Hall–Kier alpha value is -0.860. The van der Waals surface area contributed by atoms with Gasteiger partial charge in [-0.15, -0.1) is 0 Å². The van der Waals surface area contributed by atoms with Crippen LogP contribution in [0.25, 0.3) is 0 Å². The molecular formula is C16H25NO. The Labute approximate surface area is 111 Å². The van der Waals surface area contributed by atoms with Gasteiger partial charge in [0.15, 0.2) is 0 Å². The van der Waals surface area contributed by atoms with E-state index in [9.17, 15) is 0 Å². The van der Waals surface area contributed by atoms with Crippen molar-refractivity contribution in [1.29, 1.82) is 0 Å². The monoisotopic (exact) mass is 247 g/mol. The lowest BCUT2D eigenvalue weighted by molar-refractivity contribution is -0.0816. The van der Waals surface area contributed by atoms with E-state index >= 15 is 0 Å². The lowest BCUT2D eigenvalue weighted by Gasteiger charge is -2.42. The van der Waals surface area contributed by atoms with Gasteiger partial charge in [-0.2, -0.15) is 0 Å². The third kappa shape index (κ3) is 2.76. The third-order valence-electron chi connectivity index (χ3n) is 4.32. The quantitative estimate of drug-likeness (QED) is 0.859. The lowest BCUT2D eigenvalue weighted by Crippen LogP contribution is -2.41. The highest BCUT2D eigenvalue weighted by atomic mass is 16.5. The number of ether oxygens (including phenoxy) is 1. The van der Waals surface area contributed by atoms with Crippen LogP contribution in [0.5, 0.6) is 0 Å². The van der Waals surface area contributed by atoms with Gasteiger partial charge in [0.05, 0.1) is 5.60 Å². The highest BCUT2D eigenvalue weighted by Crippen LogP contribution is 2.41. The van der Waals surface area contributed by atoms with E-state index in [0.717, 1.165) is 19.3 Å². The second-order valence-electron chi connectivity index (χ2n) is 5.87. The van der Waals surface area contributed by atoms with Gasteiger partial charge in [0.1, 0.15) is 0 Å². The molecule has 1 atom stereocenters. The van der Waals surface area contributed by atoms with Crippen LogP contribution in [-0.2, 0) is 4.74 Å². The Morgan fingerprint density at radius 1 is 1.17 bits per heavy atom. The minimum absolute atomic E-state index is 0.0517. The summed E-state index contributed by atoms with van der Waals surface area (Å²) in [7, 11) is 1.81. The van der Waals surface area contributed by atoms with Crippen LogP contribution in [0.1, 0.15) is 62.6 Å². The molecule has 100 valence electrons. The lowest BCUT2D eigenvalue weighted by atomic mass is 9.75. The molecule has 0 amide bonds. The van der Waals surface area contributed by atoms with Crippen molar-refractivity contribution >= 4 is 0 Å². The summed E-state index contributed by atoms with van der Waals surface area (Å²) in [6.45, 7) is 4.42. The average molecular weight is 247 g/mol. The van der Waals surface area contributed by atoms with Crippen molar-refractivity contribution in [2.75, 3.05) is 7.11 Å². The van der Waals surface area contributed by atoms with E-state index in [-0.39, 0.29) is 11.6 Å². The van der Waals surface area contributed by atoms with E-state index in [1.54, 1.807) is 0 Å². The van der Waals surface area contributed by atoms with Gasteiger partial charge in [-0.25, -0.2) is 0 Å². The molecule has 1 fully saturated rings. The molecule has 0 heterocycles. The summed E-state index contributed by atoms with van der Waals surface area (Å²) in [6, 6.07) is 8.82. The van der Waals surface area contributed by atoms with Crippen LogP contribution in [-0.4, -0.2) is 12.7 Å². The van der Waals surface area contributed by atoms with E-state index in [1.807, 2.05) is 7.11 Å². The Kier molecular flexibility index (Phi) is 4.08. The number of hydrogen-bond acceptors (Lipinski definition) is 2. The predicted molar refractivity (Wildman–Crippen MR) is 75.7 cm³/mol. The molecule has 1 aromatic rings. The SMILES string of the molecule is COC1(CC(N)c2ccc(C(C)C)cc2)CCC1. The Morgan fingerprint density at radius 2 is 1.72 bits per heavy atom. The fourth-order valence-electron chi connectivity index (χ4n) is 2.71. The van der Waals surface area contributed by atoms with E-state index in [2.05, 4.69) is 38.1 Å². The molecule has 2 heteroatoms. The number of methoxy groups -OCH3 is 1. The van der Waals surface area contributed by atoms with Crippen LogP contribution in [0.2, 0.25) is 0 Å². The fourth-order valence-corrected chi connectivity index (χ4v) is 2.71. The van der Waals surface area contributed by atoms with Crippen molar-refractivity contribution in [2.24, 2.45) is 5.73 Å². The van der Waals surface area contributed by atoms with E-state index in [1.165, 1.54) is 17.5 Å². The highest BCUT2D eigenvalue weighted by molar-refractivity contribution is 5.27. The molecule has 1 aromatic carbocycles. The normalized spacial score (nSPS) is 19.6. The molecule has 1 unspecified atom stereocenters. The molecule has 0 spiro atoms. The summed E-state index contributed by atoms with van der Waals surface area (Å²) in [5.74, 6) is 0.576. The van der Waals surface area contributed by atoms with Gasteiger partial charge < -0.3 is 10.5 Å². The Bertz CT molecular complexity index is 373. The van der Waals surface area contributed by atoms with Crippen molar-refractivity contribution in [3.8, 4) is 0 Å². The smallest absolute Gasteiger partial charge is 0.0696 e. The maximum Gasteiger partial charge on any atom is 0.0696 e. The third-order valence-corrected chi connectivity index (χ3v) is 4.32. The molecule has 0 bridgehead atoms. The van der Waals surface area contributed by atoms with Crippen molar-refractivity contribution < 1.29 is 4.74 Å². The van der Waals surface area contributed by atoms with Crippen LogP contribution >= 0.6 is 0 Å². The molecule has 18 heavy (non-hydrogen) atoms. The molecule has 0 saturated heterocycles. The zero-order valence-corrected chi connectivity index (χ0v) is 11.8. The van der Waals surface area contributed by atoms with E-state index in [4.69, 9.17) is 10.5 Å². The van der Waals surface area contributed by atoms with Gasteiger partial charge in [-0.3, -0.25) is 0 Å². The molecule has 1 saturated carbocycles. The van der Waals surface area contributed by atoms with Gasteiger partial charge >= 0.3 is 0 Å². The van der Waals surface area contributed by atoms with Crippen molar-refractivity contribution in [2.45, 2.75) is 57.1 Å². The highest BCUT2D eigenvalue weighted by Gasteiger charge is 2.38. The summed E-state index contributed by atoms with van der Waals surface area (Å²) in [5.41, 5.74) is 8.96. The summed E-state index contributed by atoms with van der Waals surface area (Å²) >= 11 is 0. The number of benzene rings is 1. The second kappa shape index (κ2) is 5.41. The Balaban J connectivity index is 2.02. The molecule has 2 nitrogen and oxygen atoms in total. The van der Waals surface area contributed by atoms with Gasteiger partial charge in [0.2, 0.25) is 0 Å². The van der Waals surface area contributed by atoms with Gasteiger partial charge in [0.25, 0.3) is 0 Å². The molecule has 1 aliphatic rings. The molecular weight excluding hydrogens is 222 g/mol. The van der Waals surface area contributed by atoms with Crippen LogP contribution in [0.15, 0.2) is 24.3 Å². The first-order valence-corrected chi connectivity index (χ1v) is 6.97. The predicted octanol–water partition coefficient (Wildman–Crippen LogP) is 3.77. The molecule has 1 aliphatic carbocycles. The molecule has 0 aromatic heterocycles. The Morgan fingerprint density at radius 3 is 2.11 bits per heavy atom. The molecule has 0 aliphatic heterocycles. The molecule has 2 rings (SSSR count). The van der Waals surface area contributed by atoms with Crippen molar-refractivity contribution in [3.05, 3.63) is 35.4 Å². The minimum atomic E-state index is 0.0517. The second-order valence-corrected chi connectivity index (χ2v) is 5.87. The fraction of sp³-hybridized carbons (Fsp3) is 0.625. The van der Waals surface area contributed by atoms with Gasteiger partial charge in [-0.1, -0.05) is 38.1 Å². The van der Waals surface area contributed by atoms with Crippen molar-refractivity contribution in [1.82, 2.24) is 0 Å². The zero-order chi connectivity index (χ0) is 13.2. The number of rotatable bonds is 5. The van der Waals surface area contributed by atoms with Gasteiger partial charge in [-0.05, 0) is 42.7 Å². The summed E-state index contributed by atoms with van der Waals surface area (Å²) in [4.78, 5) is 0. The van der Waals surface area contributed by atoms with Crippen LogP contribution in [0.3, 0.4) is 0 Å². The zero-order valence-electron chi connectivity index (χ0n) is 11.8. The maximum atomic E-state index is 6.31. The first kappa shape index (κ1) is 13.6.